The third kappa shape index (κ3) is 3.07. The summed E-state index contributed by atoms with van der Waals surface area (Å²) in [6.07, 6.45) is 0.666. The molecule has 1 unspecified atom stereocenters. The number of sulfone groups is 1. The van der Waals surface area contributed by atoms with Crippen LogP contribution in [-0.2, 0) is 14.6 Å². The Morgan fingerprint density at radius 1 is 1.47 bits per heavy atom. The first-order valence-electron chi connectivity index (χ1n) is 5.86. The quantitative estimate of drug-likeness (QED) is 0.667. The molecule has 0 aromatic carbocycles. The zero-order chi connectivity index (χ0) is 12.5. The highest BCUT2D eigenvalue weighted by Gasteiger charge is 2.28. The molecular formula is C11H18N2O3S. The Kier molecular flexibility index (Phi) is 3.53. The smallest absolute Gasteiger partial charge is 0.246 e. The van der Waals surface area contributed by atoms with Gasteiger partial charge in [0.2, 0.25) is 5.91 Å². The van der Waals surface area contributed by atoms with Crippen LogP contribution < -0.4 is 10.6 Å². The zero-order valence-corrected chi connectivity index (χ0v) is 10.8. The second-order valence-corrected chi connectivity index (χ2v) is 7.04. The van der Waals surface area contributed by atoms with Crippen molar-refractivity contribution < 1.29 is 13.2 Å². The topological polar surface area (TPSA) is 75.3 Å². The summed E-state index contributed by atoms with van der Waals surface area (Å²) in [6.45, 7) is 3.86. The summed E-state index contributed by atoms with van der Waals surface area (Å²) < 4.78 is 22.5. The Morgan fingerprint density at radius 2 is 2.18 bits per heavy atom. The van der Waals surface area contributed by atoms with Crippen molar-refractivity contribution in [3.8, 4) is 0 Å². The largest absolute Gasteiger partial charge is 0.352 e. The fraction of sp³-hybridized carbons (Fsp3) is 0.727. The monoisotopic (exact) mass is 258 g/mol. The van der Waals surface area contributed by atoms with Gasteiger partial charge in [-0.05, 0) is 24.8 Å². The molecule has 2 N–H and O–H groups in total. The van der Waals surface area contributed by atoms with Gasteiger partial charge in [0, 0.05) is 25.2 Å². The molecule has 0 aromatic rings. The lowest BCUT2D eigenvalue weighted by Crippen LogP contribution is -2.38. The van der Waals surface area contributed by atoms with Gasteiger partial charge in [0.15, 0.2) is 9.84 Å². The number of hydrogen-bond acceptors (Lipinski definition) is 4. The van der Waals surface area contributed by atoms with Crippen molar-refractivity contribution in [2.45, 2.75) is 13.3 Å². The summed E-state index contributed by atoms with van der Waals surface area (Å²) in [6, 6.07) is 0. The van der Waals surface area contributed by atoms with Crippen molar-refractivity contribution in [1.29, 1.82) is 0 Å². The van der Waals surface area contributed by atoms with Gasteiger partial charge < -0.3 is 10.6 Å². The van der Waals surface area contributed by atoms with Crippen LogP contribution in [0.1, 0.15) is 13.3 Å². The standard InChI is InChI=1S/C11H18N2O3S/c1-8(10-5-12-6-10)11(14)13-4-9-2-3-17(15,16)7-9/h9,12H,2-7H2,1H3,(H,13,14). The van der Waals surface area contributed by atoms with E-state index in [0.29, 0.717) is 13.0 Å². The minimum Gasteiger partial charge on any atom is -0.352 e. The van der Waals surface area contributed by atoms with Gasteiger partial charge >= 0.3 is 0 Å². The molecule has 0 bridgehead atoms. The molecule has 2 heterocycles. The first-order chi connectivity index (χ1) is 7.98. The molecule has 0 radical (unpaired) electrons. The molecule has 96 valence electrons. The Morgan fingerprint density at radius 3 is 2.65 bits per heavy atom. The average Bonchev–Trinajstić information content (AvgIpc) is 2.52. The predicted octanol–water partition coefficient (Wildman–Crippen LogP) is -0.543. The van der Waals surface area contributed by atoms with Gasteiger partial charge in [0.05, 0.1) is 11.5 Å². The number of carbonyl (C=O) groups excluding carboxylic acids is 1. The highest BCUT2D eigenvalue weighted by Crippen LogP contribution is 2.17. The lowest BCUT2D eigenvalue weighted by Gasteiger charge is -2.21. The lowest BCUT2D eigenvalue weighted by atomic mass is 10.0. The molecule has 17 heavy (non-hydrogen) atoms. The minimum atomic E-state index is -2.85. The molecule has 6 heteroatoms. The minimum absolute atomic E-state index is 0.0641. The zero-order valence-electron chi connectivity index (χ0n) is 9.95. The molecule has 2 aliphatic heterocycles. The predicted molar refractivity (Wildman–Crippen MR) is 65.3 cm³/mol. The third-order valence-electron chi connectivity index (χ3n) is 3.43. The van der Waals surface area contributed by atoms with E-state index in [4.69, 9.17) is 0 Å². The van der Waals surface area contributed by atoms with E-state index in [2.05, 4.69) is 10.6 Å². The Labute approximate surface area is 102 Å². The van der Waals surface area contributed by atoms with Crippen LogP contribution in [0.2, 0.25) is 0 Å². The Hall–Kier alpha value is -0.880. The van der Waals surface area contributed by atoms with Crippen molar-refractivity contribution in [1.82, 2.24) is 10.6 Å². The molecule has 5 nitrogen and oxygen atoms in total. The number of nitrogens with one attached hydrogen (secondary N) is 2. The van der Waals surface area contributed by atoms with Crippen LogP contribution in [0.4, 0.5) is 0 Å². The molecule has 1 atom stereocenters. The number of carbonyl (C=O) groups is 1. The highest BCUT2D eigenvalue weighted by atomic mass is 32.2. The van der Waals surface area contributed by atoms with Gasteiger partial charge in [-0.1, -0.05) is 0 Å². The Balaban J connectivity index is 1.81. The van der Waals surface area contributed by atoms with Gasteiger partial charge in [-0.2, -0.15) is 0 Å². The molecule has 0 spiro atoms. The molecule has 0 aromatic heterocycles. The third-order valence-corrected chi connectivity index (χ3v) is 5.26. The van der Waals surface area contributed by atoms with E-state index in [1.54, 1.807) is 0 Å². The maximum atomic E-state index is 11.7. The highest BCUT2D eigenvalue weighted by molar-refractivity contribution is 7.91. The van der Waals surface area contributed by atoms with Crippen LogP contribution in [0.3, 0.4) is 0 Å². The number of hydrogen-bond donors (Lipinski definition) is 2. The second kappa shape index (κ2) is 4.78. The van der Waals surface area contributed by atoms with E-state index < -0.39 is 9.84 Å². The van der Waals surface area contributed by atoms with Gasteiger partial charge in [-0.3, -0.25) is 4.79 Å². The van der Waals surface area contributed by atoms with Crippen LogP contribution in [-0.4, -0.2) is 45.5 Å². The maximum absolute atomic E-state index is 11.7. The average molecular weight is 258 g/mol. The van der Waals surface area contributed by atoms with E-state index in [-0.39, 0.29) is 23.3 Å². The second-order valence-electron chi connectivity index (χ2n) is 4.81. The van der Waals surface area contributed by atoms with E-state index in [1.807, 2.05) is 6.92 Å². The number of rotatable bonds is 3. The van der Waals surface area contributed by atoms with Crippen molar-refractivity contribution in [2.75, 3.05) is 31.1 Å². The first kappa shape index (κ1) is 12.6. The summed E-state index contributed by atoms with van der Waals surface area (Å²) in [5.74, 6) is 0.495. The van der Waals surface area contributed by atoms with Crippen LogP contribution >= 0.6 is 0 Å². The van der Waals surface area contributed by atoms with Gasteiger partial charge in [-0.15, -0.1) is 0 Å². The Bertz CT molecular complexity index is 447. The summed E-state index contributed by atoms with van der Waals surface area (Å²) in [7, 11) is -2.85. The summed E-state index contributed by atoms with van der Waals surface area (Å²) in [4.78, 5) is 11.7. The molecule has 2 aliphatic rings. The molecule has 2 fully saturated rings. The fourth-order valence-corrected chi connectivity index (χ4v) is 3.94. The lowest BCUT2D eigenvalue weighted by molar-refractivity contribution is -0.117. The maximum Gasteiger partial charge on any atom is 0.246 e. The molecular weight excluding hydrogens is 240 g/mol. The first-order valence-corrected chi connectivity index (χ1v) is 7.68. The van der Waals surface area contributed by atoms with Crippen LogP contribution in [0.25, 0.3) is 0 Å². The van der Waals surface area contributed by atoms with Crippen molar-refractivity contribution in [3.05, 3.63) is 11.1 Å². The van der Waals surface area contributed by atoms with E-state index in [0.717, 1.165) is 24.2 Å². The van der Waals surface area contributed by atoms with Gasteiger partial charge in [0.25, 0.3) is 0 Å². The summed E-state index contributed by atoms with van der Waals surface area (Å²) >= 11 is 0. The molecule has 2 rings (SSSR count). The van der Waals surface area contributed by atoms with Crippen LogP contribution in [0.15, 0.2) is 11.1 Å². The van der Waals surface area contributed by atoms with Crippen molar-refractivity contribution in [2.24, 2.45) is 5.92 Å². The van der Waals surface area contributed by atoms with E-state index >= 15 is 0 Å². The van der Waals surface area contributed by atoms with Crippen molar-refractivity contribution >= 4 is 15.7 Å². The van der Waals surface area contributed by atoms with Crippen LogP contribution in [0.5, 0.6) is 0 Å². The van der Waals surface area contributed by atoms with E-state index in [1.165, 1.54) is 0 Å². The number of amides is 1. The summed E-state index contributed by atoms with van der Waals surface area (Å²) in [5, 5.41) is 5.91. The van der Waals surface area contributed by atoms with Gasteiger partial charge in [-0.25, -0.2) is 8.42 Å². The van der Waals surface area contributed by atoms with Crippen molar-refractivity contribution in [3.63, 3.8) is 0 Å². The fourth-order valence-electron chi connectivity index (χ4n) is 2.08. The normalized spacial score (nSPS) is 26.4. The van der Waals surface area contributed by atoms with Crippen LogP contribution in [0, 0.1) is 5.92 Å². The molecule has 0 saturated carbocycles. The molecule has 0 aliphatic carbocycles. The molecule has 1 amide bonds. The SMILES string of the molecule is CC(C(=O)NCC1CCS(=O)(=O)C1)=C1CNC1. The molecule has 2 saturated heterocycles. The van der Waals surface area contributed by atoms with E-state index in [9.17, 15) is 13.2 Å². The summed E-state index contributed by atoms with van der Waals surface area (Å²) in [5.41, 5.74) is 1.91. The van der Waals surface area contributed by atoms with Gasteiger partial charge in [0.1, 0.15) is 0 Å².